The maximum absolute atomic E-state index is 3.65. The molecule has 0 spiro atoms. The standard InChI is InChI=1S/C12H24BrN/c1-2-3-6-9-14-10-7-4-5-8-12(14)11-13/h12H,2-11H2,1H3. The summed E-state index contributed by atoms with van der Waals surface area (Å²) >= 11 is 3.65. The van der Waals surface area contributed by atoms with Crippen LogP contribution >= 0.6 is 15.9 Å². The quantitative estimate of drug-likeness (QED) is 0.538. The summed E-state index contributed by atoms with van der Waals surface area (Å²) in [5, 5.41) is 1.17. The van der Waals surface area contributed by atoms with E-state index in [-0.39, 0.29) is 0 Å². The summed E-state index contributed by atoms with van der Waals surface area (Å²) in [6.07, 6.45) is 9.81. The van der Waals surface area contributed by atoms with E-state index in [2.05, 4.69) is 27.8 Å². The summed E-state index contributed by atoms with van der Waals surface area (Å²) in [7, 11) is 0. The van der Waals surface area contributed by atoms with Crippen molar-refractivity contribution in [2.75, 3.05) is 18.4 Å². The SMILES string of the molecule is CCCCCN1CCCCCC1CBr. The first-order valence-corrected chi connectivity index (χ1v) is 7.30. The lowest BCUT2D eigenvalue weighted by atomic mass is 10.1. The second-order valence-corrected chi connectivity index (χ2v) is 5.05. The van der Waals surface area contributed by atoms with Crippen molar-refractivity contribution in [2.24, 2.45) is 0 Å². The molecule has 2 heteroatoms. The van der Waals surface area contributed by atoms with Crippen molar-refractivity contribution in [2.45, 2.75) is 57.9 Å². The molecule has 0 amide bonds. The highest BCUT2D eigenvalue weighted by molar-refractivity contribution is 9.09. The molecule has 0 bridgehead atoms. The number of nitrogens with zero attached hydrogens (tertiary/aromatic N) is 1. The van der Waals surface area contributed by atoms with Crippen LogP contribution in [0, 0.1) is 0 Å². The summed E-state index contributed by atoms with van der Waals surface area (Å²) in [4.78, 5) is 2.71. The highest BCUT2D eigenvalue weighted by atomic mass is 79.9. The van der Waals surface area contributed by atoms with Crippen LogP contribution in [-0.2, 0) is 0 Å². The zero-order valence-electron chi connectivity index (χ0n) is 9.47. The Labute approximate surface area is 97.4 Å². The van der Waals surface area contributed by atoms with E-state index >= 15 is 0 Å². The number of hydrogen-bond acceptors (Lipinski definition) is 1. The highest BCUT2D eigenvalue weighted by Gasteiger charge is 2.18. The normalized spacial score (nSPS) is 24.9. The van der Waals surface area contributed by atoms with Crippen LogP contribution in [0.15, 0.2) is 0 Å². The van der Waals surface area contributed by atoms with Gasteiger partial charge in [0.05, 0.1) is 0 Å². The van der Waals surface area contributed by atoms with Crippen molar-refractivity contribution in [3.05, 3.63) is 0 Å². The molecular weight excluding hydrogens is 238 g/mol. The van der Waals surface area contributed by atoms with Crippen molar-refractivity contribution in [3.63, 3.8) is 0 Å². The van der Waals surface area contributed by atoms with Gasteiger partial charge in [-0.2, -0.15) is 0 Å². The third kappa shape index (κ3) is 4.31. The molecule has 0 aromatic heterocycles. The third-order valence-corrected chi connectivity index (χ3v) is 3.97. The molecule has 1 aliphatic heterocycles. The van der Waals surface area contributed by atoms with Gasteiger partial charge < -0.3 is 0 Å². The molecule has 1 unspecified atom stereocenters. The minimum absolute atomic E-state index is 0.814. The Morgan fingerprint density at radius 3 is 2.79 bits per heavy atom. The van der Waals surface area contributed by atoms with Crippen LogP contribution < -0.4 is 0 Å². The summed E-state index contributed by atoms with van der Waals surface area (Å²) in [6, 6.07) is 0.814. The van der Waals surface area contributed by atoms with E-state index in [1.165, 1.54) is 63.4 Å². The molecule has 1 rings (SSSR count). The maximum atomic E-state index is 3.65. The van der Waals surface area contributed by atoms with Gasteiger partial charge in [0, 0.05) is 11.4 Å². The van der Waals surface area contributed by atoms with Crippen LogP contribution in [0.25, 0.3) is 0 Å². The first kappa shape index (κ1) is 12.5. The zero-order valence-corrected chi connectivity index (χ0v) is 11.1. The summed E-state index contributed by atoms with van der Waals surface area (Å²) in [6.45, 7) is 4.94. The summed E-state index contributed by atoms with van der Waals surface area (Å²) in [5.41, 5.74) is 0. The molecule has 0 aromatic carbocycles. The summed E-state index contributed by atoms with van der Waals surface area (Å²) in [5.74, 6) is 0. The fraction of sp³-hybridized carbons (Fsp3) is 1.00. The van der Waals surface area contributed by atoms with Crippen molar-refractivity contribution in [1.29, 1.82) is 0 Å². The number of hydrogen-bond donors (Lipinski definition) is 0. The van der Waals surface area contributed by atoms with E-state index in [1.807, 2.05) is 0 Å². The molecular formula is C12H24BrN. The van der Waals surface area contributed by atoms with E-state index in [4.69, 9.17) is 0 Å². The Bertz CT molecular complexity index is 138. The Kier molecular flexibility index (Phi) is 6.88. The Balaban J connectivity index is 2.28. The highest BCUT2D eigenvalue weighted by Crippen LogP contribution is 2.18. The van der Waals surface area contributed by atoms with E-state index < -0.39 is 0 Å². The second kappa shape index (κ2) is 7.70. The maximum Gasteiger partial charge on any atom is 0.0192 e. The van der Waals surface area contributed by atoms with Gasteiger partial charge in [0.25, 0.3) is 0 Å². The van der Waals surface area contributed by atoms with Gasteiger partial charge >= 0.3 is 0 Å². The molecule has 0 saturated carbocycles. The molecule has 14 heavy (non-hydrogen) atoms. The average molecular weight is 262 g/mol. The summed E-state index contributed by atoms with van der Waals surface area (Å²) < 4.78 is 0. The Hall–Kier alpha value is 0.440. The molecule has 0 aromatic rings. The monoisotopic (exact) mass is 261 g/mol. The number of unbranched alkanes of at least 4 members (excludes halogenated alkanes) is 2. The van der Waals surface area contributed by atoms with Gasteiger partial charge in [-0.1, -0.05) is 48.5 Å². The zero-order chi connectivity index (χ0) is 10.2. The second-order valence-electron chi connectivity index (χ2n) is 4.40. The van der Waals surface area contributed by atoms with E-state index in [1.54, 1.807) is 0 Å². The van der Waals surface area contributed by atoms with Crippen molar-refractivity contribution in [3.8, 4) is 0 Å². The van der Waals surface area contributed by atoms with Crippen molar-refractivity contribution < 1.29 is 0 Å². The molecule has 84 valence electrons. The smallest absolute Gasteiger partial charge is 0.0192 e. The van der Waals surface area contributed by atoms with Crippen molar-refractivity contribution in [1.82, 2.24) is 4.90 Å². The fourth-order valence-corrected chi connectivity index (χ4v) is 3.00. The van der Waals surface area contributed by atoms with Crippen LogP contribution in [0.3, 0.4) is 0 Å². The van der Waals surface area contributed by atoms with Crippen molar-refractivity contribution >= 4 is 15.9 Å². The molecule has 1 atom stereocenters. The van der Waals surface area contributed by atoms with Gasteiger partial charge in [0.15, 0.2) is 0 Å². The average Bonchev–Trinajstić information content (AvgIpc) is 2.43. The van der Waals surface area contributed by atoms with Gasteiger partial charge in [0.2, 0.25) is 0 Å². The lowest BCUT2D eigenvalue weighted by Crippen LogP contribution is -2.36. The van der Waals surface area contributed by atoms with Gasteiger partial charge in [-0.3, -0.25) is 4.90 Å². The minimum atomic E-state index is 0.814. The Morgan fingerprint density at radius 1 is 1.21 bits per heavy atom. The van der Waals surface area contributed by atoms with Gasteiger partial charge in [0.1, 0.15) is 0 Å². The van der Waals surface area contributed by atoms with E-state index in [9.17, 15) is 0 Å². The lowest BCUT2D eigenvalue weighted by molar-refractivity contribution is 0.213. The van der Waals surface area contributed by atoms with Crippen LogP contribution in [0.1, 0.15) is 51.9 Å². The fourth-order valence-electron chi connectivity index (χ4n) is 2.27. The lowest BCUT2D eigenvalue weighted by Gasteiger charge is -2.28. The molecule has 1 saturated heterocycles. The molecule has 1 aliphatic rings. The number of rotatable bonds is 5. The molecule has 0 radical (unpaired) electrons. The van der Waals surface area contributed by atoms with Gasteiger partial charge in [-0.15, -0.1) is 0 Å². The molecule has 1 nitrogen and oxygen atoms in total. The Morgan fingerprint density at radius 2 is 2.07 bits per heavy atom. The topological polar surface area (TPSA) is 3.24 Å². The predicted octanol–water partition coefficient (Wildman–Crippen LogP) is 3.82. The largest absolute Gasteiger partial charge is 0.300 e. The minimum Gasteiger partial charge on any atom is -0.300 e. The first-order chi connectivity index (χ1) is 6.88. The van der Waals surface area contributed by atoms with Crippen LogP contribution in [-0.4, -0.2) is 29.4 Å². The van der Waals surface area contributed by atoms with E-state index in [0.29, 0.717) is 0 Å². The molecule has 0 aliphatic carbocycles. The third-order valence-electron chi connectivity index (χ3n) is 3.23. The van der Waals surface area contributed by atoms with Gasteiger partial charge in [-0.25, -0.2) is 0 Å². The van der Waals surface area contributed by atoms with Crippen LogP contribution in [0.4, 0.5) is 0 Å². The van der Waals surface area contributed by atoms with Crippen LogP contribution in [0.2, 0.25) is 0 Å². The van der Waals surface area contributed by atoms with E-state index in [0.717, 1.165) is 6.04 Å². The first-order valence-electron chi connectivity index (χ1n) is 6.18. The van der Waals surface area contributed by atoms with Gasteiger partial charge in [-0.05, 0) is 32.4 Å². The predicted molar refractivity (Wildman–Crippen MR) is 67.1 cm³/mol. The molecule has 1 heterocycles. The van der Waals surface area contributed by atoms with Crippen LogP contribution in [0.5, 0.6) is 0 Å². The number of likely N-dealkylation sites (tertiary alicyclic amines) is 1. The molecule has 1 fully saturated rings. The number of alkyl halides is 1. The number of halogens is 1. The molecule has 0 N–H and O–H groups in total.